The van der Waals surface area contributed by atoms with Gasteiger partial charge in [0.2, 0.25) is 0 Å². The number of carbonyl (C=O) groups is 2. The molecule has 0 bridgehead atoms. The van der Waals surface area contributed by atoms with Gasteiger partial charge in [-0.3, -0.25) is 14.6 Å². The van der Waals surface area contributed by atoms with E-state index in [0.717, 1.165) is 18.5 Å². The highest BCUT2D eigenvalue weighted by Crippen LogP contribution is 2.47. The van der Waals surface area contributed by atoms with E-state index in [1.807, 2.05) is 24.0 Å². The minimum atomic E-state index is -0.524. The number of anilines is 1. The lowest BCUT2D eigenvalue weighted by molar-refractivity contribution is 0.0767. The van der Waals surface area contributed by atoms with Gasteiger partial charge in [-0.15, -0.1) is 0 Å². The number of nitrogens with zero attached hydrogens (tertiary/aromatic N) is 3. The summed E-state index contributed by atoms with van der Waals surface area (Å²) in [6.45, 7) is 3.24. The molecule has 0 radical (unpaired) electrons. The fraction of sp³-hybridized carbons (Fsp3) is 0.400. The molecule has 7 nitrogen and oxygen atoms in total. The highest BCUT2D eigenvalue weighted by atomic mass is 16.2. The van der Waals surface area contributed by atoms with Gasteiger partial charge in [0.25, 0.3) is 11.8 Å². The third-order valence-electron chi connectivity index (χ3n) is 6.16. The molecule has 4 heterocycles. The van der Waals surface area contributed by atoms with Crippen molar-refractivity contribution in [1.82, 2.24) is 20.2 Å². The van der Waals surface area contributed by atoms with Crippen LogP contribution in [-0.4, -0.2) is 45.4 Å². The smallest absolute Gasteiger partial charge is 0.256 e. The van der Waals surface area contributed by atoms with Gasteiger partial charge in [-0.2, -0.15) is 0 Å². The molecule has 2 amide bonds. The molecule has 1 aliphatic carbocycles. The zero-order valence-electron chi connectivity index (χ0n) is 15.1. The molecule has 3 aliphatic rings. The fourth-order valence-electron chi connectivity index (χ4n) is 4.77. The van der Waals surface area contributed by atoms with Gasteiger partial charge in [-0.25, -0.2) is 4.98 Å². The molecule has 2 aromatic rings. The van der Waals surface area contributed by atoms with Crippen LogP contribution in [0.2, 0.25) is 0 Å². The Bertz CT molecular complexity index is 928. The number of amides is 2. The second-order valence-corrected chi connectivity index (χ2v) is 7.75. The SMILES string of the molecule is Cc1ccc(C(=O)N2C[C@@H]3CC[C@@]4(NC(=O)c5cccnc5N4)[C@@H]3C2)cn1. The molecule has 27 heavy (non-hydrogen) atoms. The van der Waals surface area contributed by atoms with Crippen molar-refractivity contribution in [2.75, 3.05) is 18.4 Å². The second kappa shape index (κ2) is 5.77. The van der Waals surface area contributed by atoms with Crippen molar-refractivity contribution < 1.29 is 9.59 Å². The minimum Gasteiger partial charge on any atom is -0.347 e. The first kappa shape index (κ1) is 16.2. The van der Waals surface area contributed by atoms with Crippen molar-refractivity contribution in [2.45, 2.75) is 25.4 Å². The number of fused-ring (bicyclic) bond motifs is 3. The predicted molar refractivity (Wildman–Crippen MR) is 99.1 cm³/mol. The van der Waals surface area contributed by atoms with Gasteiger partial charge >= 0.3 is 0 Å². The molecule has 5 rings (SSSR count). The summed E-state index contributed by atoms with van der Waals surface area (Å²) in [5, 5.41) is 6.67. The van der Waals surface area contributed by atoms with Crippen LogP contribution in [0, 0.1) is 18.8 Å². The Labute approximate surface area is 157 Å². The fourth-order valence-corrected chi connectivity index (χ4v) is 4.77. The van der Waals surface area contributed by atoms with Gasteiger partial charge in [-0.05, 0) is 49.9 Å². The molecular weight excluding hydrogens is 342 g/mol. The molecule has 1 saturated carbocycles. The van der Waals surface area contributed by atoms with Crippen molar-refractivity contribution in [2.24, 2.45) is 11.8 Å². The van der Waals surface area contributed by atoms with E-state index in [0.29, 0.717) is 36.0 Å². The summed E-state index contributed by atoms with van der Waals surface area (Å²) >= 11 is 0. The van der Waals surface area contributed by atoms with E-state index < -0.39 is 5.66 Å². The number of aromatic nitrogens is 2. The van der Waals surface area contributed by atoms with Crippen LogP contribution < -0.4 is 10.6 Å². The largest absolute Gasteiger partial charge is 0.347 e. The highest BCUT2D eigenvalue weighted by molar-refractivity contribution is 6.01. The number of pyridine rings is 2. The van der Waals surface area contributed by atoms with E-state index >= 15 is 0 Å². The van der Waals surface area contributed by atoms with E-state index in [1.165, 1.54) is 0 Å². The molecule has 2 aromatic heterocycles. The molecular formula is C20H21N5O2. The van der Waals surface area contributed by atoms with Crippen LogP contribution in [0.3, 0.4) is 0 Å². The van der Waals surface area contributed by atoms with Crippen LogP contribution in [-0.2, 0) is 0 Å². The van der Waals surface area contributed by atoms with Crippen molar-refractivity contribution in [3.63, 3.8) is 0 Å². The third-order valence-corrected chi connectivity index (χ3v) is 6.16. The lowest BCUT2D eigenvalue weighted by Crippen LogP contribution is -2.61. The average molecular weight is 363 g/mol. The molecule has 7 heteroatoms. The molecule has 1 saturated heterocycles. The normalized spacial score (nSPS) is 28.5. The summed E-state index contributed by atoms with van der Waals surface area (Å²) in [7, 11) is 0. The monoisotopic (exact) mass is 363 g/mol. The molecule has 0 aromatic carbocycles. The van der Waals surface area contributed by atoms with Crippen molar-refractivity contribution >= 4 is 17.6 Å². The lowest BCUT2D eigenvalue weighted by Gasteiger charge is -2.41. The van der Waals surface area contributed by atoms with Gasteiger partial charge < -0.3 is 15.5 Å². The number of nitrogens with one attached hydrogen (secondary N) is 2. The van der Waals surface area contributed by atoms with E-state index in [4.69, 9.17) is 0 Å². The van der Waals surface area contributed by atoms with Crippen LogP contribution in [0.1, 0.15) is 39.3 Å². The first-order valence-electron chi connectivity index (χ1n) is 9.33. The number of carbonyl (C=O) groups excluding carboxylic acids is 2. The zero-order chi connectivity index (χ0) is 18.6. The molecule has 2 aliphatic heterocycles. The molecule has 3 atom stereocenters. The Kier molecular flexibility index (Phi) is 3.47. The van der Waals surface area contributed by atoms with Crippen molar-refractivity contribution in [3.8, 4) is 0 Å². The van der Waals surface area contributed by atoms with Gasteiger partial charge in [-0.1, -0.05) is 0 Å². The maximum absolute atomic E-state index is 12.9. The van der Waals surface area contributed by atoms with E-state index in [1.54, 1.807) is 24.5 Å². The maximum atomic E-state index is 12.9. The molecule has 138 valence electrons. The Morgan fingerprint density at radius 3 is 2.93 bits per heavy atom. The minimum absolute atomic E-state index is 0.00714. The molecule has 0 unspecified atom stereocenters. The number of aryl methyl sites for hydroxylation is 1. The van der Waals surface area contributed by atoms with Crippen LogP contribution in [0.5, 0.6) is 0 Å². The van der Waals surface area contributed by atoms with E-state index in [-0.39, 0.29) is 17.7 Å². The summed E-state index contributed by atoms with van der Waals surface area (Å²) in [6.07, 6.45) is 5.15. The second-order valence-electron chi connectivity index (χ2n) is 7.75. The van der Waals surface area contributed by atoms with Gasteiger partial charge in [0, 0.05) is 37.1 Å². The molecule has 1 spiro atoms. The van der Waals surface area contributed by atoms with Crippen molar-refractivity contribution in [3.05, 3.63) is 53.5 Å². The molecule has 2 N–H and O–H groups in total. The Balaban J connectivity index is 1.40. The Morgan fingerprint density at radius 2 is 2.11 bits per heavy atom. The summed E-state index contributed by atoms with van der Waals surface area (Å²) in [4.78, 5) is 36.0. The number of rotatable bonds is 1. The molecule has 2 fully saturated rings. The topological polar surface area (TPSA) is 87.2 Å². The average Bonchev–Trinajstić information content (AvgIpc) is 3.23. The summed E-state index contributed by atoms with van der Waals surface area (Å²) in [6, 6.07) is 7.23. The van der Waals surface area contributed by atoms with E-state index in [2.05, 4.69) is 20.6 Å². The Hall–Kier alpha value is -2.96. The summed E-state index contributed by atoms with van der Waals surface area (Å²) in [5.74, 6) is 1.08. The van der Waals surface area contributed by atoms with Crippen molar-refractivity contribution in [1.29, 1.82) is 0 Å². The highest BCUT2D eigenvalue weighted by Gasteiger charge is 2.56. The standard InChI is InChI=1S/C20H21N5O2/c1-12-4-5-13(9-22-12)19(27)25-10-14-6-7-20(16(14)11-25)23-17-15(18(26)24-20)3-2-8-21-17/h2-5,8-9,14,16H,6-7,10-11H2,1H3,(H,21,23)(H,24,26)/t14-,16+,20+/m0/s1. The zero-order valence-corrected chi connectivity index (χ0v) is 15.1. The van der Waals surface area contributed by atoms with Gasteiger partial charge in [0.1, 0.15) is 11.5 Å². The van der Waals surface area contributed by atoms with Gasteiger partial charge in [0.05, 0.1) is 11.1 Å². The van der Waals surface area contributed by atoms with Crippen LogP contribution in [0.25, 0.3) is 0 Å². The van der Waals surface area contributed by atoms with Crippen LogP contribution in [0.15, 0.2) is 36.7 Å². The van der Waals surface area contributed by atoms with Crippen LogP contribution in [0.4, 0.5) is 5.82 Å². The quantitative estimate of drug-likeness (QED) is 0.807. The van der Waals surface area contributed by atoms with Gasteiger partial charge in [0.15, 0.2) is 0 Å². The first-order valence-corrected chi connectivity index (χ1v) is 9.33. The van der Waals surface area contributed by atoms with Crippen LogP contribution >= 0.6 is 0 Å². The predicted octanol–water partition coefficient (Wildman–Crippen LogP) is 1.82. The number of likely N-dealkylation sites (tertiary alicyclic amines) is 1. The van der Waals surface area contributed by atoms with E-state index in [9.17, 15) is 9.59 Å². The number of hydrogen-bond donors (Lipinski definition) is 2. The summed E-state index contributed by atoms with van der Waals surface area (Å²) in [5.41, 5.74) is 1.55. The first-order chi connectivity index (χ1) is 13.1. The number of hydrogen-bond acceptors (Lipinski definition) is 5. The third kappa shape index (κ3) is 2.49. The maximum Gasteiger partial charge on any atom is 0.256 e. The summed E-state index contributed by atoms with van der Waals surface area (Å²) < 4.78 is 0. The lowest BCUT2D eigenvalue weighted by atomic mass is 9.90. The Morgan fingerprint density at radius 1 is 1.22 bits per heavy atom.